The highest BCUT2D eigenvalue weighted by atomic mass is 16.7. The molecule has 192 valence electrons. The normalized spacial score (nSPS) is 36.6. The Morgan fingerprint density at radius 1 is 1.26 bits per heavy atom. The van der Waals surface area contributed by atoms with Crippen LogP contribution in [0, 0.1) is 5.92 Å². The van der Waals surface area contributed by atoms with Crippen molar-refractivity contribution < 1.29 is 38.7 Å². The zero-order chi connectivity index (χ0) is 25.0. The molecule has 0 aliphatic carbocycles. The van der Waals surface area contributed by atoms with Gasteiger partial charge < -0.3 is 33.9 Å². The van der Waals surface area contributed by atoms with Crippen molar-refractivity contribution in [3.63, 3.8) is 0 Å². The Morgan fingerprint density at radius 3 is 2.74 bits per heavy atom. The molecule has 3 fully saturated rings. The molecule has 4 rings (SSSR count). The van der Waals surface area contributed by atoms with Gasteiger partial charge in [-0.1, -0.05) is 43.3 Å². The van der Waals surface area contributed by atoms with E-state index in [-0.39, 0.29) is 42.5 Å². The number of carboxylic acids is 1. The summed E-state index contributed by atoms with van der Waals surface area (Å²) >= 11 is 0. The van der Waals surface area contributed by atoms with Crippen molar-refractivity contribution in [1.82, 2.24) is 0 Å². The van der Waals surface area contributed by atoms with Crippen molar-refractivity contribution >= 4 is 5.97 Å². The molecule has 0 unspecified atom stereocenters. The first-order valence-electron chi connectivity index (χ1n) is 12.3. The molecular weight excluding hydrogens is 452 g/mol. The first-order valence-corrected chi connectivity index (χ1v) is 12.3. The standard InChI is InChI=1S/C27H36O8/c1-4-17(2)24-19(11-8-14-31-24)33-20(25(28)29)12-13-23-27(3,30)15-21-22(34-23)16-32-26(35-21)18-9-6-5-7-10-18/h4-7,9-10,12,17,19,21-24,26,30H,1,8,11,13-16H2,2-3H3,(H,28,29)/b20-12+/t17-,19+,21+,22-,23+,24-,26-,27-/m1/s1. The summed E-state index contributed by atoms with van der Waals surface area (Å²) in [6, 6.07) is 9.65. The number of aliphatic carboxylic acids is 1. The predicted octanol–water partition coefficient (Wildman–Crippen LogP) is 3.75. The summed E-state index contributed by atoms with van der Waals surface area (Å²) in [4.78, 5) is 12.0. The maximum atomic E-state index is 12.0. The third-order valence-electron chi connectivity index (χ3n) is 7.05. The van der Waals surface area contributed by atoms with Crippen molar-refractivity contribution in [2.24, 2.45) is 5.92 Å². The Bertz CT molecular complexity index is 898. The smallest absolute Gasteiger partial charge is 0.370 e. The van der Waals surface area contributed by atoms with E-state index < -0.39 is 24.0 Å². The lowest BCUT2D eigenvalue weighted by atomic mass is 9.84. The Labute approximate surface area is 206 Å². The molecule has 3 heterocycles. The van der Waals surface area contributed by atoms with Crippen LogP contribution in [-0.2, 0) is 28.5 Å². The maximum Gasteiger partial charge on any atom is 0.370 e. The highest BCUT2D eigenvalue weighted by molar-refractivity contribution is 5.84. The summed E-state index contributed by atoms with van der Waals surface area (Å²) in [5, 5.41) is 20.9. The van der Waals surface area contributed by atoms with E-state index in [1.165, 1.54) is 6.08 Å². The van der Waals surface area contributed by atoms with Crippen LogP contribution in [0.15, 0.2) is 54.8 Å². The van der Waals surface area contributed by atoms with Crippen LogP contribution in [0.2, 0.25) is 0 Å². The fourth-order valence-corrected chi connectivity index (χ4v) is 4.96. The van der Waals surface area contributed by atoms with E-state index in [1.54, 1.807) is 13.0 Å². The molecule has 0 radical (unpaired) electrons. The molecule has 0 bridgehead atoms. The van der Waals surface area contributed by atoms with Crippen molar-refractivity contribution in [1.29, 1.82) is 0 Å². The lowest BCUT2D eigenvalue weighted by Gasteiger charge is -2.48. The van der Waals surface area contributed by atoms with Crippen LogP contribution in [0.1, 0.15) is 51.4 Å². The summed E-state index contributed by atoms with van der Waals surface area (Å²) < 4.78 is 29.9. The molecule has 35 heavy (non-hydrogen) atoms. The summed E-state index contributed by atoms with van der Waals surface area (Å²) in [6.45, 7) is 8.43. The fraction of sp³-hybridized carbons (Fsp3) is 0.593. The SMILES string of the molecule is C=C[C@@H](C)[C@H]1OCCC[C@@H]1O/C(=C/C[C@@H]1O[C@@H]2CO[C@@H](c3ccccc3)O[C@H]2C[C@@]1(C)O)C(=O)O. The van der Waals surface area contributed by atoms with Crippen LogP contribution in [0.25, 0.3) is 0 Å². The second-order valence-corrected chi connectivity index (χ2v) is 9.81. The number of benzene rings is 1. The zero-order valence-corrected chi connectivity index (χ0v) is 20.4. The predicted molar refractivity (Wildman–Crippen MR) is 127 cm³/mol. The van der Waals surface area contributed by atoms with Gasteiger partial charge in [0.15, 0.2) is 6.29 Å². The molecule has 0 spiro atoms. The molecule has 0 saturated carbocycles. The summed E-state index contributed by atoms with van der Waals surface area (Å²) in [6.07, 6.45) is 2.83. The van der Waals surface area contributed by atoms with E-state index >= 15 is 0 Å². The second kappa shape index (κ2) is 11.2. The van der Waals surface area contributed by atoms with Crippen LogP contribution in [0.3, 0.4) is 0 Å². The minimum Gasteiger partial charge on any atom is -0.481 e. The first-order chi connectivity index (χ1) is 16.8. The number of hydrogen-bond donors (Lipinski definition) is 2. The lowest BCUT2D eigenvalue weighted by Crippen LogP contribution is -2.58. The highest BCUT2D eigenvalue weighted by Crippen LogP contribution is 2.39. The van der Waals surface area contributed by atoms with Gasteiger partial charge in [0, 0.05) is 24.5 Å². The second-order valence-electron chi connectivity index (χ2n) is 9.81. The zero-order valence-electron chi connectivity index (χ0n) is 20.4. The van der Waals surface area contributed by atoms with Crippen molar-refractivity contribution in [3.05, 3.63) is 60.4 Å². The maximum absolute atomic E-state index is 12.0. The van der Waals surface area contributed by atoms with E-state index in [9.17, 15) is 15.0 Å². The van der Waals surface area contributed by atoms with Gasteiger partial charge >= 0.3 is 5.97 Å². The minimum atomic E-state index is -1.21. The molecule has 0 amide bonds. The van der Waals surface area contributed by atoms with Crippen molar-refractivity contribution in [2.45, 2.75) is 81.9 Å². The van der Waals surface area contributed by atoms with E-state index in [2.05, 4.69) is 6.58 Å². The summed E-state index contributed by atoms with van der Waals surface area (Å²) in [7, 11) is 0. The van der Waals surface area contributed by atoms with Crippen molar-refractivity contribution in [2.75, 3.05) is 13.2 Å². The average molecular weight is 489 g/mol. The molecule has 3 saturated heterocycles. The number of carboxylic acid groups (broad SMARTS) is 1. The van der Waals surface area contributed by atoms with Crippen LogP contribution in [0.5, 0.6) is 0 Å². The number of ether oxygens (including phenoxy) is 5. The van der Waals surface area contributed by atoms with E-state index in [1.807, 2.05) is 37.3 Å². The van der Waals surface area contributed by atoms with Crippen LogP contribution < -0.4 is 0 Å². The van der Waals surface area contributed by atoms with Gasteiger partial charge in [-0.15, -0.1) is 6.58 Å². The van der Waals surface area contributed by atoms with E-state index in [0.717, 1.165) is 12.0 Å². The molecule has 1 aromatic rings. The van der Waals surface area contributed by atoms with E-state index in [0.29, 0.717) is 26.1 Å². The first kappa shape index (κ1) is 25.9. The summed E-state index contributed by atoms with van der Waals surface area (Å²) in [5.74, 6) is -1.30. The average Bonchev–Trinajstić information content (AvgIpc) is 2.86. The van der Waals surface area contributed by atoms with Gasteiger partial charge in [-0.2, -0.15) is 0 Å². The number of hydrogen-bond acceptors (Lipinski definition) is 7. The van der Waals surface area contributed by atoms with Gasteiger partial charge in [0.05, 0.1) is 24.4 Å². The highest BCUT2D eigenvalue weighted by Gasteiger charge is 2.48. The Kier molecular flexibility index (Phi) is 8.29. The molecule has 8 nitrogen and oxygen atoms in total. The molecule has 3 aliphatic rings. The van der Waals surface area contributed by atoms with Gasteiger partial charge in [0.1, 0.15) is 18.3 Å². The van der Waals surface area contributed by atoms with Gasteiger partial charge in [0.25, 0.3) is 0 Å². The monoisotopic (exact) mass is 488 g/mol. The minimum absolute atomic E-state index is 0.0284. The van der Waals surface area contributed by atoms with Gasteiger partial charge in [-0.25, -0.2) is 4.79 Å². The Balaban J connectivity index is 1.41. The fourth-order valence-electron chi connectivity index (χ4n) is 4.96. The molecule has 8 heteroatoms. The van der Waals surface area contributed by atoms with Crippen molar-refractivity contribution in [3.8, 4) is 0 Å². The van der Waals surface area contributed by atoms with Gasteiger partial charge in [0.2, 0.25) is 5.76 Å². The van der Waals surface area contributed by atoms with Gasteiger partial charge in [-0.05, 0) is 32.3 Å². The molecule has 8 atom stereocenters. The molecule has 3 aliphatic heterocycles. The quantitative estimate of drug-likeness (QED) is 0.324. The molecule has 2 N–H and O–H groups in total. The van der Waals surface area contributed by atoms with E-state index in [4.69, 9.17) is 23.7 Å². The third kappa shape index (κ3) is 6.13. The number of carbonyl (C=O) groups is 1. The molecular formula is C27H36O8. The Hall–Kier alpha value is -2.23. The number of aliphatic hydroxyl groups is 1. The van der Waals surface area contributed by atoms with Crippen LogP contribution >= 0.6 is 0 Å². The number of fused-ring (bicyclic) bond motifs is 1. The number of rotatable bonds is 8. The van der Waals surface area contributed by atoms with Crippen LogP contribution in [0.4, 0.5) is 0 Å². The lowest BCUT2D eigenvalue weighted by molar-refractivity contribution is -0.315. The largest absolute Gasteiger partial charge is 0.481 e. The third-order valence-corrected chi connectivity index (χ3v) is 7.05. The summed E-state index contributed by atoms with van der Waals surface area (Å²) in [5.41, 5.74) is -0.303. The molecule has 1 aromatic carbocycles. The van der Waals surface area contributed by atoms with Gasteiger partial charge in [-0.3, -0.25) is 0 Å². The topological polar surface area (TPSA) is 104 Å². The Morgan fingerprint density at radius 2 is 2.03 bits per heavy atom. The molecule has 0 aromatic heterocycles. The van der Waals surface area contributed by atoms with Crippen LogP contribution in [-0.4, -0.2) is 65.5 Å².